The minimum absolute atomic E-state index is 0.105. The molecule has 0 bridgehead atoms. The summed E-state index contributed by atoms with van der Waals surface area (Å²) in [6, 6.07) is 8.19. The van der Waals surface area contributed by atoms with Gasteiger partial charge >= 0.3 is 0 Å². The molecule has 2 nitrogen and oxygen atoms in total. The summed E-state index contributed by atoms with van der Waals surface area (Å²) in [6.45, 7) is 12.3. The Morgan fingerprint density at radius 2 is 1.55 bits per heavy atom. The van der Waals surface area contributed by atoms with Crippen LogP contribution in [0.3, 0.4) is 0 Å². The average Bonchev–Trinajstić information content (AvgIpc) is 2.36. The zero-order valence-electron chi connectivity index (χ0n) is 13.4. The van der Waals surface area contributed by atoms with Crippen molar-refractivity contribution in [2.45, 2.75) is 34.6 Å². The molecule has 110 valence electrons. The highest BCUT2D eigenvalue weighted by Crippen LogP contribution is 2.08. The molecule has 0 aromatic heterocycles. The molecule has 0 atom stereocenters. The zero-order valence-corrected chi connectivity index (χ0v) is 13.4. The molecule has 20 heavy (non-hydrogen) atoms. The minimum atomic E-state index is 0.105. The summed E-state index contributed by atoms with van der Waals surface area (Å²) < 4.78 is 0. The number of aryl methyl sites for hydroxylation is 1. The van der Waals surface area contributed by atoms with E-state index in [-0.39, 0.29) is 5.91 Å². The SMILES string of the molecule is Cc1ccc(C=CC(=O)N(CC(C)C)CC(C)C)cc1. The molecule has 0 saturated heterocycles. The Morgan fingerprint density at radius 1 is 1.05 bits per heavy atom. The second kappa shape index (κ2) is 7.88. The van der Waals surface area contributed by atoms with Crippen LogP contribution in [0.2, 0.25) is 0 Å². The number of benzene rings is 1. The summed E-state index contributed by atoms with van der Waals surface area (Å²) in [6.07, 6.45) is 3.59. The first-order chi connectivity index (χ1) is 9.38. The number of hydrogen-bond donors (Lipinski definition) is 0. The van der Waals surface area contributed by atoms with Crippen molar-refractivity contribution in [3.8, 4) is 0 Å². The van der Waals surface area contributed by atoms with Crippen LogP contribution in [0.1, 0.15) is 38.8 Å². The Bertz CT molecular complexity index is 433. The third kappa shape index (κ3) is 6.05. The van der Waals surface area contributed by atoms with Gasteiger partial charge in [-0.2, -0.15) is 0 Å². The lowest BCUT2D eigenvalue weighted by atomic mass is 10.1. The van der Waals surface area contributed by atoms with Crippen molar-refractivity contribution in [3.05, 3.63) is 41.5 Å². The highest BCUT2D eigenvalue weighted by Gasteiger charge is 2.13. The van der Waals surface area contributed by atoms with Crippen LogP contribution in [-0.4, -0.2) is 23.9 Å². The third-order valence-corrected chi connectivity index (χ3v) is 2.98. The Labute approximate surface area is 123 Å². The monoisotopic (exact) mass is 273 g/mol. The third-order valence-electron chi connectivity index (χ3n) is 2.98. The van der Waals surface area contributed by atoms with Crippen LogP contribution in [0.5, 0.6) is 0 Å². The summed E-state index contributed by atoms with van der Waals surface area (Å²) in [7, 11) is 0. The predicted molar refractivity (Wildman–Crippen MR) is 86.5 cm³/mol. The van der Waals surface area contributed by atoms with Crippen molar-refractivity contribution < 1.29 is 4.79 Å². The Balaban J connectivity index is 2.71. The molecule has 0 fully saturated rings. The zero-order chi connectivity index (χ0) is 15.1. The standard InChI is InChI=1S/C18H27NO/c1-14(2)12-19(13-15(3)4)18(20)11-10-17-8-6-16(5)7-9-17/h6-11,14-15H,12-13H2,1-5H3. The van der Waals surface area contributed by atoms with Gasteiger partial charge in [-0.15, -0.1) is 0 Å². The number of carbonyl (C=O) groups is 1. The molecule has 1 amide bonds. The lowest BCUT2D eigenvalue weighted by molar-refractivity contribution is -0.127. The van der Waals surface area contributed by atoms with E-state index >= 15 is 0 Å². The minimum Gasteiger partial charge on any atom is -0.339 e. The fourth-order valence-electron chi connectivity index (χ4n) is 2.09. The van der Waals surface area contributed by atoms with Gasteiger partial charge in [0.05, 0.1) is 0 Å². The highest BCUT2D eigenvalue weighted by atomic mass is 16.2. The Hall–Kier alpha value is -1.57. The van der Waals surface area contributed by atoms with Crippen molar-refractivity contribution in [3.63, 3.8) is 0 Å². The van der Waals surface area contributed by atoms with Gasteiger partial charge in [0.1, 0.15) is 0 Å². The fourth-order valence-corrected chi connectivity index (χ4v) is 2.09. The van der Waals surface area contributed by atoms with E-state index in [2.05, 4.69) is 46.8 Å². The van der Waals surface area contributed by atoms with Crippen LogP contribution in [0.15, 0.2) is 30.3 Å². The van der Waals surface area contributed by atoms with Gasteiger partial charge in [-0.1, -0.05) is 57.5 Å². The van der Waals surface area contributed by atoms with E-state index in [9.17, 15) is 4.79 Å². The number of carbonyl (C=O) groups excluding carboxylic acids is 1. The van der Waals surface area contributed by atoms with Gasteiger partial charge in [0, 0.05) is 19.2 Å². The first kappa shape index (κ1) is 16.5. The second-order valence-electron chi connectivity index (χ2n) is 6.27. The summed E-state index contributed by atoms with van der Waals surface area (Å²) in [4.78, 5) is 14.2. The summed E-state index contributed by atoms with van der Waals surface area (Å²) in [5, 5.41) is 0. The van der Waals surface area contributed by atoms with E-state index in [0.717, 1.165) is 18.7 Å². The van der Waals surface area contributed by atoms with E-state index in [4.69, 9.17) is 0 Å². The number of rotatable bonds is 6. The summed E-state index contributed by atoms with van der Waals surface area (Å²) >= 11 is 0. The molecule has 0 heterocycles. The molecule has 1 aromatic carbocycles. The van der Waals surface area contributed by atoms with E-state index in [0.29, 0.717) is 11.8 Å². The molecule has 2 heteroatoms. The smallest absolute Gasteiger partial charge is 0.246 e. The van der Waals surface area contributed by atoms with Crippen molar-refractivity contribution in [1.82, 2.24) is 4.90 Å². The van der Waals surface area contributed by atoms with Crippen molar-refractivity contribution in [2.24, 2.45) is 11.8 Å². The van der Waals surface area contributed by atoms with E-state index in [1.54, 1.807) is 6.08 Å². The predicted octanol–water partition coefficient (Wildman–Crippen LogP) is 4.15. The van der Waals surface area contributed by atoms with Gasteiger partial charge in [0.25, 0.3) is 0 Å². The number of nitrogens with zero attached hydrogens (tertiary/aromatic N) is 1. The lowest BCUT2D eigenvalue weighted by Crippen LogP contribution is -2.35. The van der Waals surface area contributed by atoms with Crippen molar-refractivity contribution in [1.29, 1.82) is 0 Å². The molecule has 0 N–H and O–H groups in total. The molecule has 0 saturated carbocycles. The van der Waals surface area contributed by atoms with Crippen molar-refractivity contribution in [2.75, 3.05) is 13.1 Å². The van der Waals surface area contributed by atoms with Gasteiger partial charge < -0.3 is 4.90 Å². The Kier molecular flexibility index (Phi) is 6.50. The maximum atomic E-state index is 12.3. The van der Waals surface area contributed by atoms with Gasteiger partial charge in [0.15, 0.2) is 0 Å². The average molecular weight is 273 g/mol. The van der Waals surface area contributed by atoms with Gasteiger partial charge in [-0.05, 0) is 30.4 Å². The van der Waals surface area contributed by atoms with E-state index in [1.165, 1.54) is 5.56 Å². The first-order valence-electron chi connectivity index (χ1n) is 7.42. The maximum absolute atomic E-state index is 12.3. The van der Waals surface area contributed by atoms with Gasteiger partial charge in [-0.25, -0.2) is 0 Å². The second-order valence-corrected chi connectivity index (χ2v) is 6.27. The molecule has 0 aliphatic rings. The van der Waals surface area contributed by atoms with Crippen LogP contribution in [0, 0.1) is 18.8 Å². The first-order valence-corrected chi connectivity index (χ1v) is 7.42. The van der Waals surface area contributed by atoms with Gasteiger partial charge in [-0.3, -0.25) is 4.79 Å². The van der Waals surface area contributed by atoms with Crippen LogP contribution >= 0.6 is 0 Å². The van der Waals surface area contributed by atoms with E-state index in [1.807, 2.05) is 23.1 Å². The largest absolute Gasteiger partial charge is 0.339 e. The van der Waals surface area contributed by atoms with Crippen LogP contribution in [-0.2, 0) is 4.79 Å². The molecule has 1 aromatic rings. The molecular formula is C18H27NO. The maximum Gasteiger partial charge on any atom is 0.246 e. The molecule has 0 unspecified atom stereocenters. The van der Waals surface area contributed by atoms with E-state index < -0.39 is 0 Å². The topological polar surface area (TPSA) is 20.3 Å². The Morgan fingerprint density at radius 3 is 2.00 bits per heavy atom. The number of amides is 1. The molecule has 0 aliphatic carbocycles. The van der Waals surface area contributed by atoms with Gasteiger partial charge in [0.2, 0.25) is 5.91 Å². The van der Waals surface area contributed by atoms with Crippen LogP contribution in [0.4, 0.5) is 0 Å². The summed E-state index contributed by atoms with van der Waals surface area (Å²) in [5.74, 6) is 1.09. The molecule has 1 rings (SSSR count). The number of hydrogen-bond acceptors (Lipinski definition) is 1. The lowest BCUT2D eigenvalue weighted by Gasteiger charge is -2.25. The molecule has 0 radical (unpaired) electrons. The fraction of sp³-hybridized carbons (Fsp3) is 0.500. The van der Waals surface area contributed by atoms with Crippen LogP contribution < -0.4 is 0 Å². The van der Waals surface area contributed by atoms with Crippen molar-refractivity contribution >= 4 is 12.0 Å². The molecule has 0 spiro atoms. The summed E-state index contributed by atoms with van der Waals surface area (Å²) in [5.41, 5.74) is 2.30. The molecular weight excluding hydrogens is 246 g/mol. The normalized spacial score (nSPS) is 11.6. The highest BCUT2D eigenvalue weighted by molar-refractivity contribution is 5.91. The quantitative estimate of drug-likeness (QED) is 0.713. The molecule has 0 aliphatic heterocycles. The van der Waals surface area contributed by atoms with Crippen LogP contribution in [0.25, 0.3) is 6.08 Å².